The minimum atomic E-state index is 0.489. The summed E-state index contributed by atoms with van der Waals surface area (Å²) in [5.74, 6) is 2.53. The molecule has 0 saturated heterocycles. The molecular formula is C13H25N5. The fraction of sp³-hybridized carbons (Fsp3) is 0.923. The Labute approximate surface area is 109 Å². The van der Waals surface area contributed by atoms with Crippen LogP contribution in [0.4, 0.5) is 0 Å². The van der Waals surface area contributed by atoms with Crippen molar-refractivity contribution < 1.29 is 0 Å². The third kappa shape index (κ3) is 3.28. The summed E-state index contributed by atoms with van der Waals surface area (Å²) >= 11 is 0. The first-order valence-electron chi connectivity index (χ1n) is 7.13. The maximum absolute atomic E-state index is 4.29. The summed E-state index contributed by atoms with van der Waals surface area (Å²) in [6.07, 6.45) is 7.67. The maximum atomic E-state index is 4.29. The highest BCUT2D eigenvalue weighted by molar-refractivity contribution is 4.89. The summed E-state index contributed by atoms with van der Waals surface area (Å²) in [6, 6.07) is 0.489. The van der Waals surface area contributed by atoms with E-state index in [2.05, 4.69) is 34.7 Å². The van der Waals surface area contributed by atoms with Crippen molar-refractivity contribution >= 4 is 0 Å². The molecule has 18 heavy (non-hydrogen) atoms. The Kier molecular flexibility index (Phi) is 4.69. The van der Waals surface area contributed by atoms with E-state index in [-0.39, 0.29) is 0 Å². The van der Waals surface area contributed by atoms with Crippen LogP contribution < -0.4 is 5.32 Å². The lowest BCUT2D eigenvalue weighted by Crippen LogP contribution is -2.38. The molecule has 0 spiro atoms. The van der Waals surface area contributed by atoms with E-state index in [1.54, 1.807) is 0 Å². The van der Waals surface area contributed by atoms with Crippen LogP contribution in [-0.2, 0) is 13.5 Å². The Bertz CT molecular complexity index is 362. The molecule has 2 rings (SSSR count). The van der Waals surface area contributed by atoms with Gasteiger partial charge in [0.05, 0.1) is 7.05 Å². The smallest absolute Gasteiger partial charge is 0.176 e. The molecule has 5 heteroatoms. The molecule has 3 unspecified atom stereocenters. The molecule has 1 aliphatic rings. The Morgan fingerprint density at radius 2 is 2.28 bits per heavy atom. The van der Waals surface area contributed by atoms with E-state index in [1.165, 1.54) is 36.9 Å². The zero-order valence-electron chi connectivity index (χ0n) is 11.8. The van der Waals surface area contributed by atoms with Gasteiger partial charge in [0.15, 0.2) is 5.82 Å². The molecule has 3 atom stereocenters. The van der Waals surface area contributed by atoms with E-state index in [4.69, 9.17) is 0 Å². The van der Waals surface area contributed by atoms with Gasteiger partial charge < -0.3 is 5.32 Å². The van der Waals surface area contributed by atoms with Gasteiger partial charge in [-0.2, -0.15) is 4.80 Å². The highest BCUT2D eigenvalue weighted by atomic mass is 15.6. The van der Waals surface area contributed by atoms with Crippen LogP contribution >= 0.6 is 0 Å². The quantitative estimate of drug-likeness (QED) is 0.863. The van der Waals surface area contributed by atoms with Crippen molar-refractivity contribution in [2.24, 2.45) is 18.9 Å². The fourth-order valence-electron chi connectivity index (χ4n) is 3.17. The van der Waals surface area contributed by atoms with Gasteiger partial charge in [0.25, 0.3) is 0 Å². The second-order valence-corrected chi connectivity index (χ2v) is 5.50. The van der Waals surface area contributed by atoms with Crippen molar-refractivity contribution in [2.45, 2.75) is 51.5 Å². The number of hydrogen-bond acceptors (Lipinski definition) is 4. The molecule has 1 aromatic heterocycles. The molecule has 0 radical (unpaired) electrons. The number of nitrogens with one attached hydrogen (secondary N) is 1. The summed E-state index contributed by atoms with van der Waals surface area (Å²) in [4.78, 5) is 1.54. The van der Waals surface area contributed by atoms with Gasteiger partial charge in [-0.1, -0.05) is 26.2 Å². The second kappa shape index (κ2) is 6.27. The van der Waals surface area contributed by atoms with Gasteiger partial charge in [0.2, 0.25) is 0 Å². The first-order chi connectivity index (χ1) is 8.72. The number of aryl methyl sites for hydroxylation is 1. The first kappa shape index (κ1) is 13.5. The summed E-state index contributed by atoms with van der Waals surface area (Å²) in [7, 11) is 3.87. The summed E-state index contributed by atoms with van der Waals surface area (Å²) in [5.41, 5.74) is 0. The topological polar surface area (TPSA) is 55.6 Å². The largest absolute Gasteiger partial charge is 0.316 e. The highest BCUT2D eigenvalue weighted by Gasteiger charge is 2.27. The summed E-state index contributed by atoms with van der Waals surface area (Å²) in [6.45, 7) is 2.31. The van der Waals surface area contributed by atoms with Crippen molar-refractivity contribution in [3.05, 3.63) is 5.82 Å². The second-order valence-electron chi connectivity index (χ2n) is 5.50. The molecule has 1 fully saturated rings. The van der Waals surface area contributed by atoms with Gasteiger partial charge in [-0.15, -0.1) is 10.2 Å². The van der Waals surface area contributed by atoms with Gasteiger partial charge in [-0.3, -0.25) is 0 Å². The zero-order valence-corrected chi connectivity index (χ0v) is 11.8. The van der Waals surface area contributed by atoms with Crippen LogP contribution in [0.5, 0.6) is 0 Å². The van der Waals surface area contributed by atoms with Gasteiger partial charge in [-0.25, -0.2) is 0 Å². The number of nitrogens with zero attached hydrogens (tertiary/aromatic N) is 4. The number of aromatic nitrogens is 4. The normalized spacial score (nSPS) is 26.2. The monoisotopic (exact) mass is 251 g/mol. The zero-order chi connectivity index (χ0) is 13.0. The van der Waals surface area contributed by atoms with Crippen LogP contribution in [-0.4, -0.2) is 33.3 Å². The fourth-order valence-corrected chi connectivity index (χ4v) is 3.17. The SMILES string of the molecule is CCC1CCCC(C(Cc2nnn(C)n2)NC)C1. The lowest BCUT2D eigenvalue weighted by atomic mass is 9.76. The van der Waals surface area contributed by atoms with Crippen LogP contribution in [0.1, 0.15) is 44.9 Å². The van der Waals surface area contributed by atoms with Crippen LogP contribution in [0, 0.1) is 11.8 Å². The third-order valence-corrected chi connectivity index (χ3v) is 4.29. The molecule has 0 aliphatic heterocycles. The molecule has 1 saturated carbocycles. The van der Waals surface area contributed by atoms with Crippen molar-refractivity contribution in [3.63, 3.8) is 0 Å². The Balaban J connectivity index is 1.95. The average molecular weight is 251 g/mol. The predicted octanol–water partition coefficient (Wildman–Crippen LogP) is 1.56. The third-order valence-electron chi connectivity index (χ3n) is 4.29. The lowest BCUT2D eigenvalue weighted by molar-refractivity contribution is 0.211. The molecule has 1 aromatic rings. The average Bonchev–Trinajstić information content (AvgIpc) is 2.81. The molecule has 1 aliphatic carbocycles. The summed E-state index contributed by atoms with van der Waals surface area (Å²) in [5, 5.41) is 15.8. The molecule has 102 valence electrons. The molecule has 0 bridgehead atoms. The van der Waals surface area contributed by atoms with Gasteiger partial charge in [0, 0.05) is 12.5 Å². The minimum absolute atomic E-state index is 0.489. The predicted molar refractivity (Wildman–Crippen MR) is 71.1 cm³/mol. The van der Waals surface area contributed by atoms with Crippen LogP contribution in [0.25, 0.3) is 0 Å². The highest BCUT2D eigenvalue weighted by Crippen LogP contribution is 2.33. The molecular weight excluding hydrogens is 226 g/mol. The molecule has 0 aromatic carbocycles. The molecule has 1 heterocycles. The molecule has 0 amide bonds. The number of tetrazole rings is 1. The van der Waals surface area contributed by atoms with E-state index >= 15 is 0 Å². The first-order valence-corrected chi connectivity index (χ1v) is 7.13. The van der Waals surface area contributed by atoms with Gasteiger partial charge in [-0.05, 0) is 36.9 Å². The minimum Gasteiger partial charge on any atom is -0.316 e. The molecule has 1 N–H and O–H groups in total. The van der Waals surface area contributed by atoms with Crippen LogP contribution in [0.15, 0.2) is 0 Å². The maximum Gasteiger partial charge on any atom is 0.176 e. The number of rotatable bonds is 5. The Hall–Kier alpha value is -0.970. The Morgan fingerprint density at radius 1 is 1.44 bits per heavy atom. The summed E-state index contributed by atoms with van der Waals surface area (Å²) < 4.78 is 0. The van der Waals surface area contributed by atoms with Gasteiger partial charge >= 0.3 is 0 Å². The molecule has 5 nitrogen and oxygen atoms in total. The van der Waals surface area contributed by atoms with Crippen molar-refractivity contribution in [2.75, 3.05) is 7.05 Å². The lowest BCUT2D eigenvalue weighted by Gasteiger charge is -2.33. The van der Waals surface area contributed by atoms with Crippen molar-refractivity contribution in [1.82, 2.24) is 25.5 Å². The number of likely N-dealkylation sites (N-methyl/N-ethyl adjacent to an activating group) is 1. The van der Waals surface area contributed by atoms with E-state index in [0.29, 0.717) is 6.04 Å². The standard InChI is InChI=1S/C13H25N5/c1-4-10-6-5-7-11(8-10)12(14-2)9-13-15-17-18(3)16-13/h10-12,14H,4-9H2,1-3H3. The van der Waals surface area contributed by atoms with Crippen LogP contribution in [0.3, 0.4) is 0 Å². The van der Waals surface area contributed by atoms with E-state index in [9.17, 15) is 0 Å². The van der Waals surface area contributed by atoms with E-state index < -0.39 is 0 Å². The Morgan fingerprint density at radius 3 is 2.89 bits per heavy atom. The van der Waals surface area contributed by atoms with Gasteiger partial charge in [0.1, 0.15) is 0 Å². The van der Waals surface area contributed by atoms with Crippen molar-refractivity contribution in [1.29, 1.82) is 0 Å². The van der Waals surface area contributed by atoms with Crippen molar-refractivity contribution in [3.8, 4) is 0 Å². The number of hydrogen-bond donors (Lipinski definition) is 1. The van der Waals surface area contributed by atoms with E-state index in [0.717, 1.165) is 24.1 Å². The van der Waals surface area contributed by atoms with E-state index in [1.807, 2.05) is 7.05 Å². The van der Waals surface area contributed by atoms with Crippen LogP contribution in [0.2, 0.25) is 0 Å².